The fourth-order valence-corrected chi connectivity index (χ4v) is 2.89. The topological polar surface area (TPSA) is 67.8 Å². The van der Waals surface area contributed by atoms with Crippen LogP contribution in [-0.2, 0) is 4.74 Å². The van der Waals surface area contributed by atoms with Crippen molar-refractivity contribution in [2.24, 2.45) is 0 Å². The van der Waals surface area contributed by atoms with Crippen LogP contribution in [0.1, 0.15) is 23.2 Å². The highest BCUT2D eigenvalue weighted by molar-refractivity contribution is 9.09. The summed E-state index contributed by atoms with van der Waals surface area (Å²) in [6.07, 6.45) is 1.49. The minimum Gasteiger partial charge on any atom is -0.507 e. The van der Waals surface area contributed by atoms with Crippen LogP contribution in [0.15, 0.2) is 18.2 Å². The normalized spacial score (nSPS) is 17.5. The fraction of sp³-hybridized carbons (Fsp3) is 0.500. The average molecular weight is 344 g/mol. The third-order valence-electron chi connectivity index (χ3n) is 3.53. The van der Waals surface area contributed by atoms with E-state index in [4.69, 9.17) is 9.47 Å². The molecular weight excluding hydrogens is 326 g/mol. The van der Waals surface area contributed by atoms with Gasteiger partial charge in [0.15, 0.2) is 0 Å². The van der Waals surface area contributed by atoms with E-state index in [-0.39, 0.29) is 22.8 Å². The average Bonchev–Trinajstić information content (AvgIpc) is 2.48. The second-order valence-electron chi connectivity index (χ2n) is 4.86. The number of carbonyl (C=O) groups excluding carboxylic acids is 1. The van der Waals surface area contributed by atoms with Gasteiger partial charge in [-0.15, -0.1) is 0 Å². The fourth-order valence-electron chi connectivity index (χ4n) is 2.19. The molecule has 2 N–H and O–H groups in total. The third kappa shape index (κ3) is 3.24. The van der Waals surface area contributed by atoms with E-state index in [2.05, 4.69) is 21.2 Å². The van der Waals surface area contributed by atoms with E-state index >= 15 is 0 Å². The lowest BCUT2D eigenvalue weighted by Crippen LogP contribution is -2.53. The van der Waals surface area contributed by atoms with Gasteiger partial charge in [-0.3, -0.25) is 4.79 Å². The second kappa shape index (κ2) is 6.45. The summed E-state index contributed by atoms with van der Waals surface area (Å²) in [5.74, 6) is 0.177. The molecule has 1 aromatic rings. The van der Waals surface area contributed by atoms with Gasteiger partial charge >= 0.3 is 0 Å². The molecule has 1 amide bonds. The van der Waals surface area contributed by atoms with Gasteiger partial charge in [0.1, 0.15) is 11.5 Å². The maximum atomic E-state index is 12.4. The minimum absolute atomic E-state index is 0.0555. The first-order chi connectivity index (χ1) is 9.60. The van der Waals surface area contributed by atoms with Gasteiger partial charge < -0.3 is 19.9 Å². The van der Waals surface area contributed by atoms with Crippen LogP contribution in [0.2, 0.25) is 0 Å². The smallest absolute Gasteiger partial charge is 0.255 e. The predicted octanol–water partition coefficient (Wildman–Crippen LogP) is 2.07. The Morgan fingerprint density at radius 1 is 1.50 bits per heavy atom. The SMILES string of the molecule is COc1ccc(O)c(C(=O)NC2(CBr)CCOCC2)c1. The number of hydrogen-bond donors (Lipinski definition) is 2. The maximum absolute atomic E-state index is 12.4. The van der Waals surface area contributed by atoms with Crippen molar-refractivity contribution in [2.75, 3.05) is 25.7 Å². The number of ether oxygens (including phenoxy) is 2. The van der Waals surface area contributed by atoms with E-state index in [1.807, 2.05) is 0 Å². The van der Waals surface area contributed by atoms with E-state index in [0.29, 0.717) is 24.3 Å². The lowest BCUT2D eigenvalue weighted by Gasteiger charge is -2.36. The first-order valence-electron chi connectivity index (χ1n) is 6.43. The van der Waals surface area contributed by atoms with Gasteiger partial charge in [-0.2, -0.15) is 0 Å². The summed E-state index contributed by atoms with van der Waals surface area (Å²) < 4.78 is 10.4. The number of benzene rings is 1. The maximum Gasteiger partial charge on any atom is 0.255 e. The molecule has 0 aromatic heterocycles. The zero-order chi connectivity index (χ0) is 14.6. The van der Waals surface area contributed by atoms with Crippen LogP contribution < -0.4 is 10.1 Å². The van der Waals surface area contributed by atoms with Gasteiger partial charge in [-0.25, -0.2) is 0 Å². The number of carbonyl (C=O) groups is 1. The number of hydrogen-bond acceptors (Lipinski definition) is 4. The summed E-state index contributed by atoms with van der Waals surface area (Å²) in [7, 11) is 1.52. The van der Waals surface area contributed by atoms with Crippen molar-refractivity contribution >= 4 is 21.8 Å². The van der Waals surface area contributed by atoms with E-state index < -0.39 is 0 Å². The summed E-state index contributed by atoms with van der Waals surface area (Å²) >= 11 is 3.46. The molecule has 2 rings (SSSR count). The molecule has 110 valence electrons. The number of amides is 1. The van der Waals surface area contributed by atoms with Crippen molar-refractivity contribution in [3.05, 3.63) is 23.8 Å². The van der Waals surface area contributed by atoms with Crippen LogP contribution in [0, 0.1) is 0 Å². The van der Waals surface area contributed by atoms with Gasteiger partial charge in [0, 0.05) is 18.5 Å². The highest BCUT2D eigenvalue weighted by Crippen LogP contribution is 2.27. The Morgan fingerprint density at radius 3 is 2.80 bits per heavy atom. The standard InChI is InChI=1S/C14H18BrNO4/c1-19-10-2-3-12(17)11(8-10)13(18)16-14(9-15)4-6-20-7-5-14/h2-3,8,17H,4-7,9H2,1H3,(H,16,18). The summed E-state index contributed by atoms with van der Waals surface area (Å²) in [6, 6.07) is 4.60. The Labute approximate surface area is 126 Å². The van der Waals surface area contributed by atoms with Crippen molar-refractivity contribution in [1.29, 1.82) is 0 Å². The molecule has 0 radical (unpaired) electrons. The largest absolute Gasteiger partial charge is 0.507 e. The molecule has 0 spiro atoms. The first kappa shape index (κ1) is 15.1. The monoisotopic (exact) mass is 343 g/mol. The zero-order valence-corrected chi connectivity index (χ0v) is 12.9. The molecular formula is C14H18BrNO4. The second-order valence-corrected chi connectivity index (χ2v) is 5.42. The Morgan fingerprint density at radius 2 is 2.20 bits per heavy atom. The van der Waals surface area contributed by atoms with Crippen molar-refractivity contribution in [3.8, 4) is 11.5 Å². The minimum atomic E-state index is -0.329. The first-order valence-corrected chi connectivity index (χ1v) is 7.55. The summed E-state index contributed by atoms with van der Waals surface area (Å²) in [4.78, 5) is 12.4. The predicted molar refractivity (Wildman–Crippen MR) is 78.7 cm³/mol. The third-order valence-corrected chi connectivity index (χ3v) is 4.61. The van der Waals surface area contributed by atoms with Crippen molar-refractivity contribution in [2.45, 2.75) is 18.4 Å². The molecule has 0 saturated carbocycles. The highest BCUT2D eigenvalue weighted by Gasteiger charge is 2.33. The molecule has 0 bridgehead atoms. The number of halogens is 1. The van der Waals surface area contributed by atoms with Gasteiger partial charge in [0.25, 0.3) is 5.91 Å². The van der Waals surface area contributed by atoms with E-state index in [1.54, 1.807) is 6.07 Å². The number of alkyl halides is 1. The molecule has 0 unspecified atom stereocenters. The molecule has 0 aliphatic carbocycles. The molecule has 0 atom stereocenters. The van der Waals surface area contributed by atoms with Gasteiger partial charge in [-0.05, 0) is 31.0 Å². The summed E-state index contributed by atoms with van der Waals surface area (Å²) in [5, 5.41) is 13.5. The van der Waals surface area contributed by atoms with E-state index in [9.17, 15) is 9.90 Å². The molecule has 1 aliphatic rings. The van der Waals surface area contributed by atoms with Crippen LogP contribution in [0.25, 0.3) is 0 Å². The van der Waals surface area contributed by atoms with Gasteiger partial charge in [0.05, 0.1) is 18.2 Å². The van der Waals surface area contributed by atoms with Crippen LogP contribution in [0.4, 0.5) is 0 Å². The van der Waals surface area contributed by atoms with Crippen LogP contribution in [-0.4, -0.2) is 42.2 Å². The number of rotatable bonds is 4. The molecule has 6 heteroatoms. The molecule has 1 fully saturated rings. The lowest BCUT2D eigenvalue weighted by atomic mass is 9.92. The number of phenolic OH excluding ortho intramolecular Hbond substituents is 1. The number of aromatic hydroxyl groups is 1. The molecule has 1 heterocycles. The van der Waals surface area contributed by atoms with Gasteiger partial charge in [0.2, 0.25) is 0 Å². The highest BCUT2D eigenvalue weighted by atomic mass is 79.9. The molecule has 1 saturated heterocycles. The Balaban J connectivity index is 2.18. The molecule has 1 aliphatic heterocycles. The zero-order valence-electron chi connectivity index (χ0n) is 11.3. The van der Waals surface area contributed by atoms with Crippen LogP contribution in [0.5, 0.6) is 11.5 Å². The van der Waals surface area contributed by atoms with Crippen molar-refractivity contribution < 1.29 is 19.4 Å². The number of phenols is 1. The van der Waals surface area contributed by atoms with E-state index in [1.165, 1.54) is 19.2 Å². The van der Waals surface area contributed by atoms with E-state index in [0.717, 1.165) is 12.8 Å². The molecule has 5 nitrogen and oxygen atoms in total. The van der Waals surface area contributed by atoms with Crippen molar-refractivity contribution in [3.63, 3.8) is 0 Å². The lowest BCUT2D eigenvalue weighted by molar-refractivity contribution is 0.0441. The van der Waals surface area contributed by atoms with Crippen LogP contribution >= 0.6 is 15.9 Å². The quantitative estimate of drug-likeness (QED) is 0.821. The Bertz CT molecular complexity index is 486. The summed E-state index contributed by atoms with van der Waals surface area (Å²) in [5.41, 5.74) is -0.110. The van der Waals surface area contributed by atoms with Crippen molar-refractivity contribution in [1.82, 2.24) is 5.32 Å². The Kier molecular flexibility index (Phi) is 4.88. The number of nitrogens with one attached hydrogen (secondary N) is 1. The summed E-state index contributed by atoms with van der Waals surface area (Å²) in [6.45, 7) is 1.24. The van der Waals surface area contributed by atoms with Gasteiger partial charge in [-0.1, -0.05) is 15.9 Å². The molecule has 1 aromatic carbocycles. The molecule has 20 heavy (non-hydrogen) atoms. The Hall–Kier alpha value is -1.27. The van der Waals surface area contributed by atoms with Crippen LogP contribution in [0.3, 0.4) is 0 Å². The number of methoxy groups -OCH3 is 1.